The Labute approximate surface area is 170 Å². The molecule has 2 N–H and O–H groups in total. The third kappa shape index (κ3) is 5.11. The van der Waals surface area contributed by atoms with Crippen molar-refractivity contribution in [2.45, 2.75) is 13.3 Å². The van der Waals surface area contributed by atoms with Crippen LogP contribution in [0, 0.1) is 12.8 Å². The van der Waals surface area contributed by atoms with E-state index in [9.17, 15) is 19.2 Å². The summed E-state index contributed by atoms with van der Waals surface area (Å²) in [5.41, 5.74) is 2.63. The lowest BCUT2D eigenvalue weighted by Crippen LogP contribution is -2.43. The molecule has 1 aliphatic rings. The molecule has 3 rings (SSSR count). The highest BCUT2D eigenvalue weighted by molar-refractivity contribution is 6.33. The molecule has 0 bridgehead atoms. The van der Waals surface area contributed by atoms with Gasteiger partial charge in [0.25, 0.3) is 11.8 Å². The summed E-state index contributed by atoms with van der Waals surface area (Å²) < 4.78 is 9.76. The Hall–Kier alpha value is -3.40. The van der Waals surface area contributed by atoms with E-state index >= 15 is 0 Å². The van der Waals surface area contributed by atoms with Crippen molar-refractivity contribution < 1.29 is 28.4 Å². The summed E-state index contributed by atoms with van der Waals surface area (Å²) in [5.74, 6) is -2.43. The Kier molecular flexibility index (Phi) is 6.13. The molecular weight excluding hydrogens is 404 g/mol. The lowest BCUT2D eigenvalue weighted by atomic mass is 10.1. The van der Waals surface area contributed by atoms with Gasteiger partial charge in [0.05, 0.1) is 23.0 Å². The number of hydrogen-bond acceptors (Lipinski definition) is 7. The van der Waals surface area contributed by atoms with Gasteiger partial charge in [0.15, 0.2) is 12.4 Å². The third-order valence-electron chi connectivity index (χ3n) is 4.05. The molecule has 29 heavy (non-hydrogen) atoms. The minimum absolute atomic E-state index is 0.0715. The predicted molar refractivity (Wildman–Crippen MR) is 99.6 cm³/mol. The standard InChI is InChI=1S/C18H17ClN4O6/c1-10-6-14(22-29-10)20-15(24)9-28-18(27)11-7-16(25)23(8-11)21-17(26)12-4-2-3-5-13(12)19/h2-6,11H,7-9H2,1H3,(H,21,26)(H,20,22,24)/t11-/m0/s1. The minimum Gasteiger partial charge on any atom is -0.455 e. The summed E-state index contributed by atoms with van der Waals surface area (Å²) in [7, 11) is 0. The van der Waals surface area contributed by atoms with Gasteiger partial charge < -0.3 is 14.6 Å². The first-order valence-corrected chi connectivity index (χ1v) is 8.97. The van der Waals surface area contributed by atoms with Crippen LogP contribution in [0.4, 0.5) is 5.82 Å². The fourth-order valence-corrected chi connectivity index (χ4v) is 2.88. The molecule has 1 fully saturated rings. The Balaban J connectivity index is 1.49. The number of benzene rings is 1. The largest absolute Gasteiger partial charge is 0.455 e. The number of aromatic nitrogens is 1. The Bertz CT molecular complexity index is 959. The summed E-state index contributed by atoms with van der Waals surface area (Å²) in [4.78, 5) is 48.3. The van der Waals surface area contributed by atoms with Crippen LogP contribution in [0.5, 0.6) is 0 Å². The summed E-state index contributed by atoms with van der Waals surface area (Å²) in [6.07, 6.45) is -0.147. The number of hydrogen-bond donors (Lipinski definition) is 2. The maximum Gasteiger partial charge on any atom is 0.311 e. The average Bonchev–Trinajstić information content (AvgIpc) is 3.25. The van der Waals surface area contributed by atoms with Crippen LogP contribution in [0.2, 0.25) is 5.02 Å². The van der Waals surface area contributed by atoms with Crippen LogP contribution in [0.3, 0.4) is 0 Å². The number of halogens is 1. The molecule has 0 unspecified atom stereocenters. The minimum atomic E-state index is -0.809. The second kappa shape index (κ2) is 8.74. The second-order valence-corrected chi connectivity index (χ2v) is 6.71. The van der Waals surface area contributed by atoms with E-state index in [-0.39, 0.29) is 29.4 Å². The molecule has 0 saturated carbocycles. The van der Waals surface area contributed by atoms with Crippen molar-refractivity contribution in [3.05, 3.63) is 46.7 Å². The van der Waals surface area contributed by atoms with Crippen molar-refractivity contribution >= 4 is 41.1 Å². The number of amides is 3. The summed E-state index contributed by atoms with van der Waals surface area (Å²) >= 11 is 5.96. The van der Waals surface area contributed by atoms with E-state index in [1.807, 2.05) is 0 Å². The number of hydrazine groups is 1. The summed E-state index contributed by atoms with van der Waals surface area (Å²) in [5, 5.41) is 7.27. The Morgan fingerprint density at radius 2 is 2.10 bits per heavy atom. The van der Waals surface area contributed by atoms with Crippen molar-refractivity contribution in [3.63, 3.8) is 0 Å². The molecule has 1 aromatic carbocycles. The van der Waals surface area contributed by atoms with E-state index < -0.39 is 36.2 Å². The second-order valence-electron chi connectivity index (χ2n) is 6.30. The van der Waals surface area contributed by atoms with E-state index in [1.165, 1.54) is 12.1 Å². The number of carbonyl (C=O) groups excluding carboxylic acids is 4. The number of anilines is 1. The van der Waals surface area contributed by atoms with Gasteiger partial charge in [-0.25, -0.2) is 0 Å². The average molecular weight is 421 g/mol. The molecule has 0 radical (unpaired) electrons. The van der Waals surface area contributed by atoms with Gasteiger partial charge in [-0.3, -0.25) is 29.6 Å². The Morgan fingerprint density at radius 3 is 2.79 bits per heavy atom. The maximum absolute atomic E-state index is 12.3. The SMILES string of the molecule is Cc1cc(NC(=O)COC(=O)[C@H]2CC(=O)N(NC(=O)c3ccccc3Cl)C2)no1. The van der Waals surface area contributed by atoms with Crippen LogP contribution < -0.4 is 10.7 Å². The van der Waals surface area contributed by atoms with Crippen LogP contribution in [0.1, 0.15) is 22.5 Å². The van der Waals surface area contributed by atoms with Gasteiger partial charge in [0.1, 0.15) is 5.76 Å². The van der Waals surface area contributed by atoms with Crippen molar-refractivity contribution in [2.24, 2.45) is 5.92 Å². The van der Waals surface area contributed by atoms with Crippen LogP contribution in [0.25, 0.3) is 0 Å². The van der Waals surface area contributed by atoms with Crippen LogP contribution in [-0.4, -0.2) is 47.0 Å². The lowest BCUT2D eigenvalue weighted by Gasteiger charge is -2.18. The number of aryl methyl sites for hydroxylation is 1. The highest BCUT2D eigenvalue weighted by atomic mass is 35.5. The highest BCUT2D eigenvalue weighted by Gasteiger charge is 2.37. The summed E-state index contributed by atoms with van der Waals surface area (Å²) in [6, 6.07) is 7.88. The fraction of sp³-hybridized carbons (Fsp3) is 0.278. The van der Waals surface area contributed by atoms with Crippen molar-refractivity contribution in [3.8, 4) is 0 Å². The number of nitrogens with zero attached hydrogens (tertiary/aromatic N) is 2. The number of ether oxygens (including phenoxy) is 1. The molecule has 1 aromatic heterocycles. The van der Waals surface area contributed by atoms with Crippen LogP contribution in [0.15, 0.2) is 34.9 Å². The topological polar surface area (TPSA) is 131 Å². The molecule has 2 heterocycles. The van der Waals surface area contributed by atoms with Gasteiger partial charge in [0, 0.05) is 12.5 Å². The van der Waals surface area contributed by atoms with E-state index in [4.69, 9.17) is 20.9 Å². The van der Waals surface area contributed by atoms with Gasteiger partial charge >= 0.3 is 5.97 Å². The number of nitrogens with one attached hydrogen (secondary N) is 2. The Morgan fingerprint density at radius 1 is 1.34 bits per heavy atom. The first-order chi connectivity index (χ1) is 13.8. The zero-order valence-corrected chi connectivity index (χ0v) is 16.1. The molecule has 10 nitrogen and oxygen atoms in total. The smallest absolute Gasteiger partial charge is 0.311 e. The monoisotopic (exact) mass is 420 g/mol. The van der Waals surface area contributed by atoms with E-state index in [0.717, 1.165) is 5.01 Å². The number of carbonyl (C=O) groups is 4. The van der Waals surface area contributed by atoms with Gasteiger partial charge in [-0.1, -0.05) is 28.9 Å². The molecular formula is C18H17ClN4O6. The van der Waals surface area contributed by atoms with Crippen molar-refractivity contribution in [1.82, 2.24) is 15.6 Å². The predicted octanol–water partition coefficient (Wildman–Crippen LogP) is 1.31. The van der Waals surface area contributed by atoms with E-state index in [0.29, 0.717) is 5.76 Å². The number of rotatable bonds is 6. The zero-order valence-electron chi connectivity index (χ0n) is 15.3. The molecule has 11 heteroatoms. The van der Waals surface area contributed by atoms with Gasteiger partial charge in [-0.15, -0.1) is 0 Å². The molecule has 3 amide bonds. The maximum atomic E-state index is 12.3. The molecule has 0 spiro atoms. The van der Waals surface area contributed by atoms with Gasteiger partial charge in [-0.05, 0) is 19.1 Å². The first kappa shape index (κ1) is 20.3. The van der Waals surface area contributed by atoms with Crippen molar-refractivity contribution in [2.75, 3.05) is 18.5 Å². The molecule has 152 valence electrons. The molecule has 1 saturated heterocycles. The third-order valence-corrected chi connectivity index (χ3v) is 4.38. The lowest BCUT2D eigenvalue weighted by molar-refractivity contribution is -0.151. The van der Waals surface area contributed by atoms with E-state index in [2.05, 4.69) is 15.9 Å². The molecule has 1 aliphatic heterocycles. The quantitative estimate of drug-likeness (QED) is 0.673. The molecule has 1 atom stereocenters. The first-order valence-electron chi connectivity index (χ1n) is 8.59. The summed E-state index contributed by atoms with van der Waals surface area (Å²) in [6.45, 7) is 1.05. The molecule has 2 aromatic rings. The normalized spacial score (nSPS) is 15.9. The van der Waals surface area contributed by atoms with Crippen LogP contribution in [-0.2, 0) is 19.1 Å². The zero-order chi connectivity index (χ0) is 21.0. The number of esters is 1. The fourth-order valence-electron chi connectivity index (χ4n) is 2.66. The van der Waals surface area contributed by atoms with Gasteiger partial charge in [-0.2, -0.15) is 0 Å². The highest BCUT2D eigenvalue weighted by Crippen LogP contribution is 2.19. The van der Waals surface area contributed by atoms with Crippen LogP contribution >= 0.6 is 11.6 Å². The molecule has 0 aliphatic carbocycles. The van der Waals surface area contributed by atoms with E-state index in [1.54, 1.807) is 25.1 Å². The van der Waals surface area contributed by atoms with Crippen molar-refractivity contribution in [1.29, 1.82) is 0 Å². The van der Waals surface area contributed by atoms with Gasteiger partial charge in [0.2, 0.25) is 5.91 Å².